The van der Waals surface area contributed by atoms with E-state index in [0.717, 1.165) is 12.8 Å². The molecule has 1 heterocycles. The van der Waals surface area contributed by atoms with Gasteiger partial charge < -0.3 is 4.90 Å². The molecule has 1 saturated carbocycles. The Morgan fingerprint density at radius 2 is 1.83 bits per heavy atom. The molecular formula is C15H13ClN4O4. The second-order valence-electron chi connectivity index (χ2n) is 5.50. The van der Waals surface area contributed by atoms with Crippen molar-refractivity contribution in [3.8, 4) is 0 Å². The maximum absolute atomic E-state index is 11.3. The van der Waals surface area contributed by atoms with Crippen LogP contribution in [-0.4, -0.2) is 20.9 Å². The minimum absolute atomic E-state index is 0.0141. The Labute approximate surface area is 142 Å². The summed E-state index contributed by atoms with van der Waals surface area (Å²) in [5.41, 5.74) is 0.271. The van der Waals surface area contributed by atoms with Gasteiger partial charge in [-0.1, -0.05) is 29.8 Å². The molecule has 1 aromatic heterocycles. The summed E-state index contributed by atoms with van der Waals surface area (Å²) in [6, 6.07) is 7.69. The van der Waals surface area contributed by atoms with Crippen LogP contribution < -0.4 is 4.90 Å². The highest BCUT2D eigenvalue weighted by Gasteiger charge is 2.35. The molecule has 0 N–H and O–H groups in total. The minimum Gasteiger partial charge on any atom is -0.343 e. The number of para-hydroxylation sites is 1. The monoisotopic (exact) mass is 348 g/mol. The van der Waals surface area contributed by atoms with Crippen LogP contribution in [0.1, 0.15) is 18.4 Å². The summed E-state index contributed by atoms with van der Waals surface area (Å²) in [7, 11) is 0. The van der Waals surface area contributed by atoms with Crippen LogP contribution in [0, 0.1) is 20.2 Å². The summed E-state index contributed by atoms with van der Waals surface area (Å²) < 4.78 is 0. The smallest absolute Gasteiger partial charge is 0.313 e. The van der Waals surface area contributed by atoms with Crippen molar-refractivity contribution in [2.45, 2.75) is 25.4 Å². The van der Waals surface area contributed by atoms with Crippen molar-refractivity contribution in [3.63, 3.8) is 0 Å². The molecule has 3 rings (SSSR count). The van der Waals surface area contributed by atoms with Gasteiger partial charge in [-0.15, -0.1) is 0 Å². The molecule has 0 radical (unpaired) electrons. The molecule has 1 aliphatic rings. The van der Waals surface area contributed by atoms with Gasteiger partial charge in [-0.05, 0) is 12.8 Å². The van der Waals surface area contributed by atoms with E-state index < -0.39 is 9.85 Å². The zero-order valence-electron chi connectivity index (χ0n) is 12.5. The average molecular weight is 349 g/mol. The van der Waals surface area contributed by atoms with Crippen LogP contribution >= 0.6 is 11.6 Å². The van der Waals surface area contributed by atoms with Gasteiger partial charge in [0.1, 0.15) is 0 Å². The molecule has 0 unspecified atom stereocenters. The van der Waals surface area contributed by atoms with Gasteiger partial charge in [-0.2, -0.15) is 0 Å². The van der Waals surface area contributed by atoms with Crippen LogP contribution in [0.4, 0.5) is 17.2 Å². The number of halogens is 1. The van der Waals surface area contributed by atoms with Gasteiger partial charge in [0.15, 0.2) is 0 Å². The Morgan fingerprint density at radius 1 is 1.17 bits per heavy atom. The van der Waals surface area contributed by atoms with E-state index >= 15 is 0 Å². The lowest BCUT2D eigenvalue weighted by Gasteiger charge is -2.23. The van der Waals surface area contributed by atoms with Gasteiger partial charge in [-0.3, -0.25) is 20.2 Å². The van der Waals surface area contributed by atoms with Gasteiger partial charge >= 0.3 is 5.69 Å². The summed E-state index contributed by atoms with van der Waals surface area (Å²) in [5, 5.41) is 22.7. The third-order valence-electron chi connectivity index (χ3n) is 3.80. The first-order valence-corrected chi connectivity index (χ1v) is 7.64. The molecule has 0 amide bonds. The highest BCUT2D eigenvalue weighted by atomic mass is 35.5. The maximum atomic E-state index is 11.3. The third-order valence-corrected chi connectivity index (χ3v) is 4.01. The van der Waals surface area contributed by atoms with Gasteiger partial charge in [-0.25, -0.2) is 4.98 Å². The number of hydrogen-bond donors (Lipinski definition) is 0. The topological polar surface area (TPSA) is 102 Å². The van der Waals surface area contributed by atoms with Crippen molar-refractivity contribution in [2.75, 3.05) is 4.90 Å². The van der Waals surface area contributed by atoms with E-state index in [4.69, 9.17) is 11.6 Å². The number of pyridine rings is 1. The van der Waals surface area contributed by atoms with Gasteiger partial charge in [0.25, 0.3) is 5.69 Å². The first kappa shape index (κ1) is 16.1. The summed E-state index contributed by atoms with van der Waals surface area (Å²) >= 11 is 5.81. The molecule has 0 bridgehead atoms. The van der Waals surface area contributed by atoms with E-state index in [0.29, 0.717) is 5.56 Å². The fourth-order valence-corrected chi connectivity index (χ4v) is 2.70. The maximum Gasteiger partial charge on any atom is 0.313 e. The zero-order chi connectivity index (χ0) is 17.3. The van der Waals surface area contributed by atoms with E-state index in [2.05, 4.69) is 4.98 Å². The van der Waals surface area contributed by atoms with Crippen molar-refractivity contribution in [3.05, 3.63) is 67.3 Å². The van der Waals surface area contributed by atoms with Crippen LogP contribution in [0.5, 0.6) is 0 Å². The lowest BCUT2D eigenvalue weighted by atomic mass is 10.1. The van der Waals surface area contributed by atoms with E-state index in [1.54, 1.807) is 23.1 Å². The number of nitro groups is 2. The van der Waals surface area contributed by atoms with E-state index in [1.807, 2.05) is 0 Å². The number of rotatable bonds is 6. The lowest BCUT2D eigenvalue weighted by Crippen LogP contribution is -2.27. The lowest BCUT2D eigenvalue weighted by molar-refractivity contribution is -0.385. The first-order valence-electron chi connectivity index (χ1n) is 7.26. The quantitative estimate of drug-likeness (QED) is 0.582. The molecule has 0 spiro atoms. The fourth-order valence-electron chi connectivity index (χ4n) is 2.55. The van der Waals surface area contributed by atoms with Crippen molar-refractivity contribution >= 4 is 28.8 Å². The molecule has 1 aromatic carbocycles. The largest absolute Gasteiger partial charge is 0.343 e. The highest BCUT2D eigenvalue weighted by Crippen LogP contribution is 2.38. The molecule has 124 valence electrons. The Kier molecular flexibility index (Phi) is 4.30. The molecule has 0 aliphatic heterocycles. The predicted molar refractivity (Wildman–Crippen MR) is 88.2 cm³/mol. The average Bonchev–Trinajstić information content (AvgIpc) is 3.38. The molecule has 2 aromatic rings. The molecule has 9 heteroatoms. The summed E-state index contributed by atoms with van der Waals surface area (Å²) in [4.78, 5) is 27.4. The SMILES string of the molecule is O=[N+]([O-])c1ccccc1CN(c1ncc(Cl)cc1[N+](=O)[O-])C1CC1. The van der Waals surface area contributed by atoms with Crippen LogP contribution in [0.3, 0.4) is 0 Å². The van der Waals surface area contributed by atoms with E-state index in [-0.39, 0.29) is 34.8 Å². The van der Waals surface area contributed by atoms with Gasteiger partial charge in [0, 0.05) is 29.9 Å². The Bertz CT molecular complexity index is 810. The van der Waals surface area contributed by atoms with E-state index in [9.17, 15) is 20.2 Å². The number of anilines is 1. The summed E-state index contributed by atoms with van der Waals surface area (Å²) in [5.74, 6) is 0.185. The molecule has 8 nitrogen and oxygen atoms in total. The van der Waals surface area contributed by atoms with Crippen molar-refractivity contribution in [1.29, 1.82) is 0 Å². The summed E-state index contributed by atoms with van der Waals surface area (Å²) in [6.45, 7) is 0.178. The molecule has 24 heavy (non-hydrogen) atoms. The molecular weight excluding hydrogens is 336 g/mol. The number of benzene rings is 1. The highest BCUT2D eigenvalue weighted by molar-refractivity contribution is 6.30. The number of aromatic nitrogens is 1. The molecule has 1 aliphatic carbocycles. The molecule has 0 saturated heterocycles. The molecule has 0 atom stereocenters. The fraction of sp³-hybridized carbons (Fsp3) is 0.267. The number of nitrogens with zero attached hydrogens (tertiary/aromatic N) is 4. The molecule has 1 fully saturated rings. The van der Waals surface area contributed by atoms with Crippen LogP contribution in [0.2, 0.25) is 5.02 Å². The summed E-state index contributed by atoms with van der Waals surface area (Å²) in [6.07, 6.45) is 3.07. The Balaban J connectivity index is 2.01. The van der Waals surface area contributed by atoms with Crippen molar-refractivity contribution in [2.24, 2.45) is 0 Å². The number of hydrogen-bond acceptors (Lipinski definition) is 6. The van der Waals surface area contributed by atoms with Crippen LogP contribution in [0.25, 0.3) is 0 Å². The zero-order valence-corrected chi connectivity index (χ0v) is 13.2. The number of nitro benzene ring substituents is 1. The van der Waals surface area contributed by atoms with Crippen molar-refractivity contribution < 1.29 is 9.85 Å². The predicted octanol–water partition coefficient (Wildman–Crippen LogP) is 3.72. The van der Waals surface area contributed by atoms with Crippen LogP contribution in [-0.2, 0) is 6.54 Å². The normalized spacial score (nSPS) is 13.5. The minimum atomic E-state index is -0.539. The second-order valence-corrected chi connectivity index (χ2v) is 5.93. The Hall–Kier alpha value is -2.74. The second kappa shape index (κ2) is 6.40. The third kappa shape index (κ3) is 3.28. The Morgan fingerprint density at radius 3 is 2.46 bits per heavy atom. The van der Waals surface area contributed by atoms with Gasteiger partial charge in [0.05, 0.1) is 21.4 Å². The van der Waals surface area contributed by atoms with E-state index in [1.165, 1.54) is 18.3 Å². The van der Waals surface area contributed by atoms with Crippen LogP contribution in [0.15, 0.2) is 36.5 Å². The van der Waals surface area contributed by atoms with Crippen molar-refractivity contribution in [1.82, 2.24) is 4.98 Å². The first-order chi connectivity index (χ1) is 11.5. The standard InChI is InChI=1S/C15H13ClN4O4/c16-11-7-14(20(23)24)15(17-8-11)18(12-5-6-12)9-10-3-1-2-4-13(10)19(21)22/h1-4,7-8,12H,5-6,9H2. The van der Waals surface area contributed by atoms with Gasteiger partial charge in [0.2, 0.25) is 5.82 Å².